The fraction of sp³-hybridized carbons (Fsp3) is 0.917. The van der Waals surface area contributed by atoms with E-state index < -0.39 is 0 Å². The number of hydrogen-bond acceptors (Lipinski definition) is 2. The normalized spacial score (nSPS) is 47.5. The number of fused-ring (bicyclic) bond motifs is 2. The molecule has 2 aliphatic rings. The molecule has 4 atom stereocenters. The Kier molecular flexibility index (Phi) is 2.22. The van der Waals surface area contributed by atoms with Gasteiger partial charge in [0.25, 0.3) is 0 Å². The number of aliphatic hydroxyl groups excluding tert-OH is 1. The van der Waals surface area contributed by atoms with E-state index in [1.54, 1.807) is 0 Å². The molecule has 0 spiro atoms. The zero-order chi connectivity index (χ0) is 10.5. The van der Waals surface area contributed by atoms with Crippen molar-refractivity contribution in [2.75, 3.05) is 0 Å². The van der Waals surface area contributed by atoms with E-state index in [1.807, 2.05) is 6.92 Å². The molecule has 0 unspecified atom stereocenters. The van der Waals surface area contributed by atoms with Crippen molar-refractivity contribution >= 4 is 5.78 Å². The van der Waals surface area contributed by atoms with Gasteiger partial charge in [-0.3, -0.25) is 4.79 Å². The molecule has 2 nitrogen and oxygen atoms in total. The van der Waals surface area contributed by atoms with Gasteiger partial charge in [0.05, 0.1) is 6.10 Å². The van der Waals surface area contributed by atoms with E-state index in [2.05, 4.69) is 13.8 Å². The first-order valence-corrected chi connectivity index (χ1v) is 5.68. The molecule has 0 aromatic carbocycles. The van der Waals surface area contributed by atoms with Gasteiger partial charge in [0.1, 0.15) is 5.78 Å². The summed E-state index contributed by atoms with van der Waals surface area (Å²) in [5, 5.41) is 9.93. The Balaban J connectivity index is 2.28. The lowest BCUT2D eigenvalue weighted by Gasteiger charge is -2.35. The molecule has 0 aliphatic heterocycles. The minimum atomic E-state index is -0.373. The van der Waals surface area contributed by atoms with Crippen LogP contribution in [0.5, 0.6) is 0 Å². The molecule has 2 aliphatic carbocycles. The summed E-state index contributed by atoms with van der Waals surface area (Å²) < 4.78 is 0. The number of hydrogen-bond donors (Lipinski definition) is 1. The average molecular weight is 196 g/mol. The molecule has 2 saturated carbocycles. The summed E-state index contributed by atoms with van der Waals surface area (Å²) in [5.74, 6) is 1.19. The van der Waals surface area contributed by atoms with Crippen molar-refractivity contribution in [3.05, 3.63) is 0 Å². The summed E-state index contributed by atoms with van der Waals surface area (Å²) in [6.45, 7) is 6.34. The first-order chi connectivity index (χ1) is 6.46. The molecule has 2 rings (SSSR count). The lowest BCUT2D eigenvalue weighted by Crippen LogP contribution is -2.38. The maximum Gasteiger partial charge on any atom is 0.144 e. The summed E-state index contributed by atoms with van der Waals surface area (Å²) in [5.41, 5.74) is -0.199. The predicted molar refractivity (Wildman–Crippen MR) is 54.8 cm³/mol. The number of ketones is 1. The zero-order valence-electron chi connectivity index (χ0n) is 9.29. The van der Waals surface area contributed by atoms with Crippen LogP contribution in [0.3, 0.4) is 0 Å². The summed E-state index contributed by atoms with van der Waals surface area (Å²) >= 11 is 0. The van der Waals surface area contributed by atoms with Gasteiger partial charge in [0.15, 0.2) is 0 Å². The van der Waals surface area contributed by atoms with Crippen LogP contribution in [0.2, 0.25) is 0 Å². The van der Waals surface area contributed by atoms with Gasteiger partial charge in [-0.15, -0.1) is 0 Å². The van der Waals surface area contributed by atoms with Crippen LogP contribution in [0.1, 0.15) is 40.0 Å². The number of carbonyl (C=O) groups excluding carboxylic acids is 1. The highest BCUT2D eigenvalue weighted by Gasteiger charge is 2.55. The summed E-state index contributed by atoms with van der Waals surface area (Å²) in [4.78, 5) is 12.1. The smallest absolute Gasteiger partial charge is 0.144 e. The van der Waals surface area contributed by atoms with Crippen LogP contribution >= 0.6 is 0 Å². The van der Waals surface area contributed by atoms with Crippen molar-refractivity contribution in [2.24, 2.45) is 23.2 Å². The highest BCUT2D eigenvalue weighted by molar-refractivity contribution is 5.90. The molecule has 0 amide bonds. The second-order valence-electron chi connectivity index (χ2n) is 5.67. The molecule has 2 heteroatoms. The van der Waals surface area contributed by atoms with Crippen molar-refractivity contribution in [3.8, 4) is 0 Å². The van der Waals surface area contributed by atoms with E-state index in [-0.39, 0.29) is 17.4 Å². The lowest BCUT2D eigenvalue weighted by atomic mass is 9.68. The topological polar surface area (TPSA) is 37.3 Å². The first kappa shape index (κ1) is 10.2. The van der Waals surface area contributed by atoms with Crippen LogP contribution in [0.15, 0.2) is 0 Å². The van der Waals surface area contributed by atoms with Crippen molar-refractivity contribution in [3.63, 3.8) is 0 Å². The van der Waals surface area contributed by atoms with Gasteiger partial charge in [-0.1, -0.05) is 20.8 Å². The number of rotatable bonds is 1. The van der Waals surface area contributed by atoms with E-state index >= 15 is 0 Å². The van der Waals surface area contributed by atoms with Gasteiger partial charge in [-0.25, -0.2) is 0 Å². The van der Waals surface area contributed by atoms with Gasteiger partial charge in [-0.05, 0) is 31.1 Å². The average Bonchev–Trinajstić information content (AvgIpc) is 2.25. The fourth-order valence-electron chi connectivity index (χ4n) is 3.38. The third-order valence-corrected chi connectivity index (χ3v) is 4.32. The van der Waals surface area contributed by atoms with Crippen LogP contribution in [0.4, 0.5) is 0 Å². The second kappa shape index (κ2) is 3.06. The molecule has 0 aromatic rings. The molecule has 14 heavy (non-hydrogen) atoms. The van der Waals surface area contributed by atoms with Gasteiger partial charge in [0, 0.05) is 11.3 Å². The Labute approximate surface area is 85.7 Å². The minimum absolute atomic E-state index is 0.0613. The number of Topliss-reactive ketones (excluding diaryl/α,β-unsaturated/α-hetero) is 1. The predicted octanol–water partition coefficient (Wildman–Crippen LogP) is 2.01. The summed E-state index contributed by atoms with van der Waals surface area (Å²) in [6, 6.07) is 0. The number of aliphatic hydroxyl groups is 1. The molecule has 80 valence electrons. The lowest BCUT2D eigenvalue weighted by molar-refractivity contribution is -0.134. The Morgan fingerprint density at radius 2 is 2.14 bits per heavy atom. The van der Waals surface area contributed by atoms with Crippen molar-refractivity contribution in [1.29, 1.82) is 0 Å². The van der Waals surface area contributed by atoms with Gasteiger partial charge in [-0.2, -0.15) is 0 Å². The monoisotopic (exact) mass is 196 g/mol. The van der Waals surface area contributed by atoms with Crippen LogP contribution in [-0.2, 0) is 4.79 Å². The Morgan fingerprint density at radius 3 is 2.71 bits per heavy atom. The molecule has 2 bridgehead atoms. The van der Waals surface area contributed by atoms with Crippen LogP contribution in [-0.4, -0.2) is 17.0 Å². The number of carbonyl (C=O) groups is 1. The molecule has 0 heterocycles. The molecular formula is C12H20O2. The molecule has 0 saturated heterocycles. The van der Waals surface area contributed by atoms with E-state index in [4.69, 9.17) is 0 Å². The third-order valence-electron chi connectivity index (χ3n) is 4.32. The molecule has 0 radical (unpaired) electrons. The van der Waals surface area contributed by atoms with Crippen LogP contribution < -0.4 is 0 Å². The van der Waals surface area contributed by atoms with Gasteiger partial charge < -0.3 is 5.11 Å². The highest BCUT2D eigenvalue weighted by Crippen LogP contribution is 2.52. The SMILES string of the molecule is CC(C)[C@H]1CC[C@]2(C)C[C@@H](O)[C@H]1C2=O. The second-order valence-corrected chi connectivity index (χ2v) is 5.67. The maximum absolute atomic E-state index is 12.1. The molecular weight excluding hydrogens is 176 g/mol. The molecule has 0 aromatic heterocycles. The van der Waals surface area contributed by atoms with E-state index in [1.165, 1.54) is 0 Å². The first-order valence-electron chi connectivity index (χ1n) is 5.68. The van der Waals surface area contributed by atoms with Crippen molar-refractivity contribution in [2.45, 2.75) is 46.1 Å². The Morgan fingerprint density at radius 1 is 1.50 bits per heavy atom. The fourth-order valence-corrected chi connectivity index (χ4v) is 3.38. The van der Waals surface area contributed by atoms with E-state index in [0.717, 1.165) is 12.8 Å². The highest BCUT2D eigenvalue weighted by atomic mass is 16.3. The Hall–Kier alpha value is -0.370. The molecule has 1 N–H and O–H groups in total. The van der Waals surface area contributed by atoms with Crippen LogP contribution in [0, 0.1) is 23.2 Å². The van der Waals surface area contributed by atoms with Gasteiger partial charge in [0.2, 0.25) is 0 Å². The summed E-state index contributed by atoms with van der Waals surface area (Å²) in [6.07, 6.45) is 2.41. The van der Waals surface area contributed by atoms with E-state index in [9.17, 15) is 9.90 Å². The van der Waals surface area contributed by atoms with Crippen LogP contribution in [0.25, 0.3) is 0 Å². The quantitative estimate of drug-likeness (QED) is 0.696. The van der Waals surface area contributed by atoms with Gasteiger partial charge >= 0.3 is 0 Å². The zero-order valence-corrected chi connectivity index (χ0v) is 9.29. The van der Waals surface area contributed by atoms with Crippen molar-refractivity contribution < 1.29 is 9.90 Å². The van der Waals surface area contributed by atoms with Crippen molar-refractivity contribution in [1.82, 2.24) is 0 Å². The maximum atomic E-state index is 12.1. The Bertz CT molecular complexity index is 259. The van der Waals surface area contributed by atoms with E-state index in [0.29, 0.717) is 24.0 Å². The standard InChI is InChI=1S/C12H20O2/c1-7(2)8-4-5-12(3)6-9(13)10(8)11(12)14/h7-10,13H,4-6H2,1-3H3/t8-,9-,10+,12-/m1/s1. The largest absolute Gasteiger partial charge is 0.392 e. The molecule has 2 fully saturated rings. The summed E-state index contributed by atoms with van der Waals surface area (Å²) in [7, 11) is 0. The minimum Gasteiger partial charge on any atom is -0.392 e. The third kappa shape index (κ3) is 1.23.